The monoisotopic (exact) mass is 285 g/mol. The van der Waals surface area contributed by atoms with Gasteiger partial charge < -0.3 is 24.8 Å². The molecule has 1 heterocycles. The molecule has 1 fully saturated rings. The second-order valence-corrected chi connectivity index (χ2v) is 4.52. The van der Waals surface area contributed by atoms with E-state index in [1.54, 1.807) is 0 Å². The molecule has 0 spiro atoms. The Labute approximate surface area is 114 Å². The van der Waals surface area contributed by atoms with E-state index in [1.807, 2.05) is 0 Å². The maximum Gasteiger partial charge on any atom is 0.311 e. The number of hydrogen-bond acceptors (Lipinski definition) is 7. The van der Waals surface area contributed by atoms with Gasteiger partial charge in [0.1, 0.15) is 18.3 Å². The molecule has 0 bridgehead atoms. The highest BCUT2D eigenvalue weighted by molar-refractivity contribution is 5.45. The Balaban J connectivity index is 2.20. The van der Waals surface area contributed by atoms with E-state index in [0.29, 0.717) is 0 Å². The average molecular weight is 285 g/mol. The molecule has 2 rings (SSSR count). The Morgan fingerprint density at radius 2 is 1.85 bits per heavy atom. The molecule has 0 aromatic heterocycles. The molecular weight excluding hydrogens is 270 g/mol. The molecule has 1 aromatic rings. The lowest BCUT2D eigenvalue weighted by Crippen LogP contribution is -2.58. The van der Waals surface area contributed by atoms with E-state index >= 15 is 0 Å². The van der Waals surface area contributed by atoms with E-state index in [1.165, 1.54) is 31.2 Å². The van der Waals surface area contributed by atoms with Gasteiger partial charge in [-0.3, -0.25) is 10.1 Å². The first-order valence-electron chi connectivity index (χ1n) is 6.01. The topological polar surface area (TPSA) is 122 Å². The SMILES string of the molecule is C[C@@H]1OC(Oc2ccccc2[N+](=O)[O-])[C@@H](O)[C@H](O)[C@@H]1O. The van der Waals surface area contributed by atoms with Crippen LogP contribution < -0.4 is 4.74 Å². The van der Waals surface area contributed by atoms with Crippen LogP contribution in [0, 0.1) is 10.1 Å². The predicted molar refractivity (Wildman–Crippen MR) is 66.1 cm³/mol. The third-order valence-electron chi connectivity index (χ3n) is 3.11. The number of para-hydroxylation sites is 2. The van der Waals surface area contributed by atoms with Gasteiger partial charge in [0.25, 0.3) is 0 Å². The van der Waals surface area contributed by atoms with Crippen molar-refractivity contribution >= 4 is 5.69 Å². The van der Waals surface area contributed by atoms with Gasteiger partial charge in [-0.2, -0.15) is 0 Å². The first kappa shape index (κ1) is 14.7. The van der Waals surface area contributed by atoms with Gasteiger partial charge in [0, 0.05) is 6.07 Å². The highest BCUT2D eigenvalue weighted by atomic mass is 16.7. The highest BCUT2D eigenvalue weighted by Crippen LogP contribution is 2.30. The van der Waals surface area contributed by atoms with Crippen LogP contribution in [0.5, 0.6) is 5.75 Å². The lowest BCUT2D eigenvalue weighted by atomic mass is 10.00. The second-order valence-electron chi connectivity index (χ2n) is 4.52. The van der Waals surface area contributed by atoms with Crippen LogP contribution in [0.4, 0.5) is 5.69 Å². The summed E-state index contributed by atoms with van der Waals surface area (Å²) < 4.78 is 10.5. The number of aliphatic hydroxyl groups is 3. The normalized spacial score (nSPS) is 33.7. The zero-order chi connectivity index (χ0) is 14.9. The van der Waals surface area contributed by atoms with Crippen LogP contribution in [0.3, 0.4) is 0 Å². The van der Waals surface area contributed by atoms with Crippen LogP contribution in [0.2, 0.25) is 0 Å². The molecule has 1 aliphatic rings. The van der Waals surface area contributed by atoms with Crippen molar-refractivity contribution in [2.24, 2.45) is 0 Å². The van der Waals surface area contributed by atoms with E-state index in [2.05, 4.69) is 0 Å². The highest BCUT2D eigenvalue weighted by Gasteiger charge is 2.43. The Morgan fingerprint density at radius 3 is 2.50 bits per heavy atom. The number of hydrogen-bond donors (Lipinski definition) is 3. The summed E-state index contributed by atoms with van der Waals surface area (Å²) in [5.74, 6) is -0.0858. The number of ether oxygens (including phenoxy) is 2. The van der Waals surface area contributed by atoms with Crippen LogP contribution in [0.15, 0.2) is 24.3 Å². The van der Waals surface area contributed by atoms with Gasteiger partial charge in [0.15, 0.2) is 5.75 Å². The zero-order valence-corrected chi connectivity index (χ0v) is 10.6. The van der Waals surface area contributed by atoms with Crippen molar-refractivity contribution in [3.05, 3.63) is 34.4 Å². The van der Waals surface area contributed by atoms with Crippen molar-refractivity contribution in [2.45, 2.75) is 37.6 Å². The minimum atomic E-state index is -1.51. The number of rotatable bonds is 3. The minimum Gasteiger partial charge on any atom is -0.455 e. The van der Waals surface area contributed by atoms with E-state index in [9.17, 15) is 25.4 Å². The maximum absolute atomic E-state index is 10.9. The summed E-state index contributed by atoms with van der Waals surface area (Å²) in [6.07, 6.45) is -6.30. The van der Waals surface area contributed by atoms with E-state index < -0.39 is 35.6 Å². The lowest BCUT2D eigenvalue weighted by Gasteiger charge is -2.38. The summed E-state index contributed by atoms with van der Waals surface area (Å²) in [6.45, 7) is 1.50. The number of nitrogens with zero attached hydrogens (tertiary/aromatic N) is 1. The van der Waals surface area contributed by atoms with Crippen molar-refractivity contribution in [3.63, 3.8) is 0 Å². The summed E-state index contributed by atoms with van der Waals surface area (Å²) in [5, 5.41) is 39.8. The van der Waals surface area contributed by atoms with Gasteiger partial charge >= 0.3 is 5.69 Å². The molecule has 0 aliphatic carbocycles. The summed E-state index contributed by atoms with van der Waals surface area (Å²) >= 11 is 0. The van der Waals surface area contributed by atoms with Crippen molar-refractivity contribution in [1.29, 1.82) is 0 Å². The van der Waals surface area contributed by atoms with Gasteiger partial charge in [-0.25, -0.2) is 0 Å². The molecule has 0 saturated carbocycles. The molecule has 5 atom stereocenters. The van der Waals surface area contributed by atoms with Crippen LogP contribution in [-0.2, 0) is 4.74 Å². The standard InChI is InChI=1S/C12H15NO7/c1-6-9(14)10(15)11(16)12(19-6)20-8-5-3-2-4-7(8)13(17)18/h2-6,9-12,14-16H,1H3/t6-,9+,10+,11-,12?/m0/s1. The molecule has 8 heteroatoms. The molecule has 8 nitrogen and oxygen atoms in total. The molecule has 0 radical (unpaired) electrons. The summed E-state index contributed by atoms with van der Waals surface area (Å²) in [4.78, 5) is 10.2. The molecule has 1 aromatic carbocycles. The number of aliphatic hydroxyl groups excluding tert-OH is 3. The Kier molecular flexibility index (Phi) is 4.19. The fourth-order valence-electron chi connectivity index (χ4n) is 1.94. The summed E-state index contributed by atoms with van der Waals surface area (Å²) in [5.41, 5.74) is -0.281. The number of benzene rings is 1. The van der Waals surface area contributed by atoms with E-state index in [4.69, 9.17) is 9.47 Å². The third-order valence-corrected chi connectivity index (χ3v) is 3.11. The van der Waals surface area contributed by atoms with Gasteiger partial charge in [-0.1, -0.05) is 12.1 Å². The summed E-state index contributed by atoms with van der Waals surface area (Å²) in [6, 6.07) is 5.62. The average Bonchev–Trinajstić information content (AvgIpc) is 2.43. The Bertz CT molecular complexity index is 494. The molecule has 110 valence electrons. The van der Waals surface area contributed by atoms with Crippen LogP contribution >= 0.6 is 0 Å². The molecule has 0 amide bonds. The number of nitro benzene ring substituents is 1. The van der Waals surface area contributed by atoms with Crippen molar-refractivity contribution in [2.75, 3.05) is 0 Å². The quantitative estimate of drug-likeness (QED) is 0.519. The molecule has 20 heavy (non-hydrogen) atoms. The van der Waals surface area contributed by atoms with Crippen LogP contribution in [0.1, 0.15) is 6.92 Å². The molecule has 3 N–H and O–H groups in total. The second kappa shape index (κ2) is 5.71. The fraction of sp³-hybridized carbons (Fsp3) is 0.500. The zero-order valence-electron chi connectivity index (χ0n) is 10.6. The Morgan fingerprint density at radius 1 is 1.20 bits per heavy atom. The first-order valence-corrected chi connectivity index (χ1v) is 6.01. The van der Waals surface area contributed by atoms with Crippen molar-refractivity contribution in [3.8, 4) is 5.75 Å². The Hall–Kier alpha value is -1.74. The minimum absolute atomic E-state index is 0.0858. The van der Waals surface area contributed by atoms with Gasteiger partial charge in [0.05, 0.1) is 11.0 Å². The molecule has 1 aliphatic heterocycles. The summed E-state index contributed by atoms with van der Waals surface area (Å²) in [7, 11) is 0. The van der Waals surface area contributed by atoms with Crippen molar-refractivity contribution in [1.82, 2.24) is 0 Å². The molecular formula is C12H15NO7. The van der Waals surface area contributed by atoms with E-state index in [-0.39, 0.29) is 11.4 Å². The first-order chi connectivity index (χ1) is 9.41. The smallest absolute Gasteiger partial charge is 0.311 e. The molecule has 1 unspecified atom stereocenters. The molecule has 1 saturated heterocycles. The van der Waals surface area contributed by atoms with Gasteiger partial charge in [-0.05, 0) is 13.0 Å². The van der Waals surface area contributed by atoms with Gasteiger partial charge in [-0.15, -0.1) is 0 Å². The fourth-order valence-corrected chi connectivity index (χ4v) is 1.94. The maximum atomic E-state index is 10.9. The van der Waals surface area contributed by atoms with E-state index in [0.717, 1.165) is 0 Å². The largest absolute Gasteiger partial charge is 0.455 e. The number of nitro groups is 1. The predicted octanol–water partition coefficient (Wildman–Crippen LogP) is -0.199. The van der Waals surface area contributed by atoms with Gasteiger partial charge in [0.2, 0.25) is 6.29 Å². The van der Waals surface area contributed by atoms with Crippen LogP contribution in [0.25, 0.3) is 0 Å². The van der Waals surface area contributed by atoms with Crippen LogP contribution in [-0.4, -0.2) is 50.9 Å². The van der Waals surface area contributed by atoms with Crippen molar-refractivity contribution < 1.29 is 29.7 Å². The third kappa shape index (κ3) is 2.73. The lowest BCUT2D eigenvalue weighted by molar-refractivity contribution is -0.387.